The summed E-state index contributed by atoms with van der Waals surface area (Å²) in [7, 11) is 0. The van der Waals surface area contributed by atoms with Gasteiger partial charge in [0.25, 0.3) is 6.10 Å². The number of rotatable bonds is 5. The summed E-state index contributed by atoms with van der Waals surface area (Å²) in [4.78, 5) is 0. The molecule has 20 heavy (non-hydrogen) atoms. The second-order valence-electron chi connectivity index (χ2n) is 3.62. The van der Waals surface area contributed by atoms with E-state index in [2.05, 4.69) is 4.74 Å². The van der Waals surface area contributed by atoms with Gasteiger partial charge in [-0.3, -0.25) is 0 Å². The van der Waals surface area contributed by atoms with E-state index in [0.717, 1.165) is 24.3 Å². The van der Waals surface area contributed by atoms with Gasteiger partial charge in [0, 0.05) is 0 Å². The molecule has 0 heterocycles. The molecule has 0 aliphatic heterocycles. The molecule has 0 aromatic heterocycles. The van der Waals surface area contributed by atoms with E-state index in [9.17, 15) is 26.3 Å². The average Bonchev–Trinajstić information content (AvgIpc) is 2.32. The summed E-state index contributed by atoms with van der Waals surface area (Å²) in [5.41, 5.74) is 0. The average molecular weight is 304 g/mol. The summed E-state index contributed by atoms with van der Waals surface area (Å²) in [6.07, 6.45) is -15.0. The molecule has 0 amide bonds. The van der Waals surface area contributed by atoms with Gasteiger partial charge in [0.2, 0.25) is 0 Å². The van der Waals surface area contributed by atoms with Gasteiger partial charge in [-0.1, -0.05) is 0 Å². The maximum Gasteiger partial charge on any atom is 0.434 e. The Morgan fingerprint density at radius 3 is 1.75 bits per heavy atom. The second-order valence-corrected chi connectivity index (χ2v) is 3.62. The van der Waals surface area contributed by atoms with Gasteiger partial charge in [-0.25, -0.2) is 0 Å². The molecule has 0 spiro atoms. The smallest absolute Gasteiger partial charge is 0.434 e. The summed E-state index contributed by atoms with van der Waals surface area (Å²) >= 11 is 0. The SMILES string of the molecule is OCCOc1ccc(OC(C(F)(F)F)C(F)(F)F)cc1. The number of aliphatic hydroxyl groups is 1. The van der Waals surface area contributed by atoms with Gasteiger partial charge in [0.05, 0.1) is 6.61 Å². The first-order valence-electron chi connectivity index (χ1n) is 5.28. The zero-order valence-corrected chi connectivity index (χ0v) is 9.83. The molecule has 0 unspecified atom stereocenters. The van der Waals surface area contributed by atoms with Crippen molar-refractivity contribution in [1.82, 2.24) is 0 Å². The Bertz CT molecular complexity index is 398. The lowest BCUT2D eigenvalue weighted by molar-refractivity contribution is -0.299. The van der Waals surface area contributed by atoms with Crippen LogP contribution in [0.2, 0.25) is 0 Å². The van der Waals surface area contributed by atoms with Gasteiger partial charge in [0.1, 0.15) is 18.1 Å². The van der Waals surface area contributed by atoms with E-state index >= 15 is 0 Å². The number of benzene rings is 1. The summed E-state index contributed by atoms with van der Waals surface area (Å²) in [5.74, 6) is -0.414. The number of halogens is 6. The van der Waals surface area contributed by atoms with Crippen LogP contribution >= 0.6 is 0 Å². The molecule has 1 N–H and O–H groups in total. The van der Waals surface area contributed by atoms with E-state index in [0.29, 0.717) is 0 Å². The monoisotopic (exact) mass is 304 g/mol. The number of hydrogen-bond acceptors (Lipinski definition) is 3. The molecule has 1 aromatic carbocycles. The molecule has 0 aliphatic rings. The number of alkyl halides is 6. The van der Waals surface area contributed by atoms with Crippen molar-refractivity contribution in [2.24, 2.45) is 0 Å². The molecule has 0 radical (unpaired) electrons. The van der Waals surface area contributed by atoms with Crippen LogP contribution in [0.5, 0.6) is 11.5 Å². The minimum Gasteiger partial charge on any atom is -0.491 e. The molecule has 114 valence electrons. The van der Waals surface area contributed by atoms with Crippen LogP contribution in [0.25, 0.3) is 0 Å². The van der Waals surface area contributed by atoms with Gasteiger partial charge >= 0.3 is 12.4 Å². The van der Waals surface area contributed by atoms with Crippen molar-refractivity contribution in [3.8, 4) is 11.5 Å². The summed E-state index contributed by atoms with van der Waals surface area (Å²) in [6.45, 7) is -0.323. The lowest BCUT2D eigenvalue weighted by Crippen LogP contribution is -2.46. The zero-order chi connectivity index (χ0) is 15.4. The summed E-state index contributed by atoms with van der Waals surface area (Å²) in [6, 6.07) is 4.10. The van der Waals surface area contributed by atoms with E-state index in [1.807, 2.05) is 0 Å². The molecule has 0 fully saturated rings. The van der Waals surface area contributed by atoms with E-state index < -0.39 is 24.2 Å². The first-order chi connectivity index (χ1) is 9.14. The Hall–Kier alpha value is -1.64. The lowest BCUT2D eigenvalue weighted by atomic mass is 10.3. The molecular formula is C11H10F6O3. The minimum absolute atomic E-state index is 0.0477. The van der Waals surface area contributed by atoms with Gasteiger partial charge < -0.3 is 14.6 Å². The fourth-order valence-electron chi connectivity index (χ4n) is 1.23. The van der Waals surface area contributed by atoms with Crippen LogP contribution < -0.4 is 9.47 Å². The maximum absolute atomic E-state index is 12.3. The van der Waals surface area contributed by atoms with Gasteiger partial charge in [-0.2, -0.15) is 26.3 Å². The molecular weight excluding hydrogens is 294 g/mol. The van der Waals surface area contributed by atoms with Crippen LogP contribution in [-0.4, -0.2) is 36.8 Å². The van der Waals surface area contributed by atoms with Gasteiger partial charge in [-0.05, 0) is 24.3 Å². The molecule has 0 atom stereocenters. The number of ether oxygens (including phenoxy) is 2. The minimum atomic E-state index is -5.57. The normalized spacial score (nSPS) is 12.6. The molecule has 0 saturated carbocycles. The van der Waals surface area contributed by atoms with Crippen molar-refractivity contribution < 1.29 is 40.9 Å². The second kappa shape index (κ2) is 6.21. The Balaban J connectivity index is 2.80. The van der Waals surface area contributed by atoms with Crippen molar-refractivity contribution in [2.75, 3.05) is 13.2 Å². The standard InChI is InChI=1S/C11H10F6O3/c12-10(13,14)9(11(15,16)17)20-8-3-1-7(2-4-8)19-6-5-18/h1-4,9,18H,5-6H2. The van der Waals surface area contributed by atoms with E-state index in [1.165, 1.54) is 0 Å². The predicted octanol–water partition coefficient (Wildman–Crippen LogP) is 2.93. The third-order valence-corrected chi connectivity index (χ3v) is 2.03. The van der Waals surface area contributed by atoms with Crippen LogP contribution in [0, 0.1) is 0 Å². The van der Waals surface area contributed by atoms with Crippen molar-refractivity contribution in [3.63, 3.8) is 0 Å². The first-order valence-corrected chi connectivity index (χ1v) is 5.28. The fourth-order valence-corrected chi connectivity index (χ4v) is 1.23. The molecule has 1 rings (SSSR count). The largest absolute Gasteiger partial charge is 0.491 e. The third-order valence-electron chi connectivity index (χ3n) is 2.03. The highest BCUT2D eigenvalue weighted by molar-refractivity contribution is 5.31. The first kappa shape index (κ1) is 16.4. The van der Waals surface area contributed by atoms with E-state index in [4.69, 9.17) is 9.84 Å². The van der Waals surface area contributed by atoms with Gasteiger partial charge in [-0.15, -0.1) is 0 Å². The Morgan fingerprint density at radius 1 is 0.900 bits per heavy atom. The van der Waals surface area contributed by atoms with E-state index in [1.54, 1.807) is 0 Å². The quantitative estimate of drug-likeness (QED) is 0.850. The van der Waals surface area contributed by atoms with Gasteiger partial charge in [0.15, 0.2) is 0 Å². The molecule has 3 nitrogen and oxygen atoms in total. The van der Waals surface area contributed by atoms with Crippen LogP contribution in [0.3, 0.4) is 0 Å². The predicted molar refractivity (Wildman–Crippen MR) is 55.5 cm³/mol. The topological polar surface area (TPSA) is 38.7 Å². The highest BCUT2D eigenvalue weighted by atomic mass is 19.4. The fraction of sp³-hybridized carbons (Fsp3) is 0.455. The highest BCUT2D eigenvalue weighted by Gasteiger charge is 2.59. The molecule has 0 saturated heterocycles. The van der Waals surface area contributed by atoms with E-state index in [-0.39, 0.29) is 19.0 Å². The Morgan fingerprint density at radius 2 is 1.35 bits per heavy atom. The van der Waals surface area contributed by atoms with Crippen LogP contribution in [0.4, 0.5) is 26.3 Å². The van der Waals surface area contributed by atoms with Crippen molar-refractivity contribution in [2.45, 2.75) is 18.5 Å². The molecule has 9 heteroatoms. The van der Waals surface area contributed by atoms with Crippen LogP contribution in [0.1, 0.15) is 0 Å². The summed E-state index contributed by atoms with van der Waals surface area (Å²) < 4.78 is 82.3. The maximum atomic E-state index is 12.3. The Kier molecular flexibility index (Phi) is 5.09. The lowest BCUT2D eigenvalue weighted by Gasteiger charge is -2.23. The third kappa shape index (κ3) is 4.80. The number of hydrogen-bond donors (Lipinski definition) is 1. The molecule has 0 bridgehead atoms. The van der Waals surface area contributed by atoms with Crippen LogP contribution in [0.15, 0.2) is 24.3 Å². The van der Waals surface area contributed by atoms with Crippen molar-refractivity contribution >= 4 is 0 Å². The molecule has 1 aromatic rings. The summed E-state index contributed by atoms with van der Waals surface area (Å²) in [5, 5.41) is 8.48. The Labute approximate surface area is 109 Å². The highest BCUT2D eigenvalue weighted by Crippen LogP contribution is 2.36. The zero-order valence-electron chi connectivity index (χ0n) is 9.83. The van der Waals surface area contributed by atoms with Crippen LogP contribution in [-0.2, 0) is 0 Å². The van der Waals surface area contributed by atoms with Crippen molar-refractivity contribution in [3.05, 3.63) is 24.3 Å². The van der Waals surface area contributed by atoms with Crippen molar-refractivity contribution in [1.29, 1.82) is 0 Å². The number of aliphatic hydroxyl groups excluding tert-OH is 1. The molecule has 0 aliphatic carbocycles.